The van der Waals surface area contributed by atoms with Gasteiger partial charge in [0.1, 0.15) is 0 Å². The first-order valence-electron chi connectivity index (χ1n) is 11.9. The predicted molar refractivity (Wildman–Crippen MR) is 149 cm³/mol. The van der Waals surface area contributed by atoms with Gasteiger partial charge in [0.05, 0.1) is 9.49 Å². The first-order valence-corrected chi connectivity index (χ1v) is 13.4. The molecule has 33 heavy (non-hydrogen) atoms. The summed E-state index contributed by atoms with van der Waals surface area (Å²) >= 11 is 0. The Hall–Kier alpha value is -2.13. The highest BCUT2D eigenvalue weighted by Gasteiger charge is 2.47. The summed E-state index contributed by atoms with van der Waals surface area (Å²) in [6.45, 7) is 15.0. The fourth-order valence-electron chi connectivity index (χ4n) is 3.06. The van der Waals surface area contributed by atoms with Crippen LogP contribution in [0.3, 0.4) is 0 Å². The van der Waals surface area contributed by atoms with Crippen molar-refractivity contribution in [2.45, 2.75) is 90.6 Å². The Bertz CT molecular complexity index is 842. The van der Waals surface area contributed by atoms with Gasteiger partial charge in [0, 0.05) is 0 Å². The highest BCUT2D eigenvalue weighted by molar-refractivity contribution is 7.94. The van der Waals surface area contributed by atoms with Crippen molar-refractivity contribution in [3.05, 3.63) is 96.2 Å². The van der Waals surface area contributed by atoms with Gasteiger partial charge >= 0.3 is 0 Å². The lowest BCUT2D eigenvalue weighted by Crippen LogP contribution is -2.47. The maximum absolute atomic E-state index is 13.7. The van der Waals surface area contributed by atoms with Crippen LogP contribution in [0.4, 0.5) is 0 Å². The Morgan fingerprint density at radius 1 is 0.576 bits per heavy atom. The molecule has 0 saturated heterocycles. The number of rotatable bonds is 14. The molecule has 0 rings (SSSR count). The Morgan fingerprint density at radius 2 is 0.909 bits per heavy atom. The smallest absolute Gasteiger partial charge is 0.168 e. The van der Waals surface area contributed by atoms with Crippen molar-refractivity contribution >= 4 is 9.84 Å². The molecule has 0 fully saturated rings. The maximum Gasteiger partial charge on any atom is 0.168 e. The van der Waals surface area contributed by atoms with Crippen LogP contribution in [0.5, 0.6) is 0 Å². The SMILES string of the molecule is C/C=C/CC/C=C/C=C/C=C(\C)C(C)(C)S(=O)(=O)C(C)(C)/C(C)=C/C=C/C=C/CC/C=C/C. The van der Waals surface area contributed by atoms with Crippen LogP contribution in [-0.4, -0.2) is 17.9 Å². The highest BCUT2D eigenvalue weighted by atomic mass is 32.2. The van der Waals surface area contributed by atoms with E-state index < -0.39 is 19.3 Å². The minimum Gasteiger partial charge on any atom is -0.227 e. The van der Waals surface area contributed by atoms with Crippen LogP contribution in [0.2, 0.25) is 0 Å². The summed E-state index contributed by atoms with van der Waals surface area (Å²) in [4.78, 5) is 0. The summed E-state index contributed by atoms with van der Waals surface area (Å²) in [5.41, 5.74) is 1.64. The second-order valence-electron chi connectivity index (χ2n) is 9.14. The summed E-state index contributed by atoms with van der Waals surface area (Å²) in [5, 5.41) is 0. The van der Waals surface area contributed by atoms with Gasteiger partial charge in [0.2, 0.25) is 0 Å². The lowest BCUT2D eigenvalue weighted by atomic mass is 10.0. The number of hydrogen-bond acceptors (Lipinski definition) is 2. The fourth-order valence-corrected chi connectivity index (χ4v) is 5.32. The number of hydrogen-bond donors (Lipinski definition) is 0. The molecule has 0 bridgehead atoms. The summed E-state index contributed by atoms with van der Waals surface area (Å²) in [7, 11) is -3.51. The van der Waals surface area contributed by atoms with Crippen LogP contribution in [0.15, 0.2) is 96.2 Å². The van der Waals surface area contributed by atoms with E-state index in [-0.39, 0.29) is 0 Å². The molecule has 0 saturated carbocycles. The van der Waals surface area contributed by atoms with Crippen molar-refractivity contribution in [2.75, 3.05) is 0 Å². The summed E-state index contributed by atoms with van der Waals surface area (Å²) in [5.74, 6) is 0. The zero-order valence-corrected chi connectivity index (χ0v) is 23.0. The maximum atomic E-state index is 13.7. The van der Waals surface area contributed by atoms with Gasteiger partial charge in [-0.15, -0.1) is 0 Å². The Balaban J connectivity index is 5.37. The van der Waals surface area contributed by atoms with Crippen molar-refractivity contribution in [3.63, 3.8) is 0 Å². The number of allylic oxidation sites excluding steroid dienone is 14. The van der Waals surface area contributed by atoms with E-state index >= 15 is 0 Å². The molecule has 0 aromatic heterocycles. The van der Waals surface area contributed by atoms with Gasteiger partial charge in [0.15, 0.2) is 9.84 Å². The van der Waals surface area contributed by atoms with E-state index in [9.17, 15) is 8.42 Å². The first kappa shape index (κ1) is 30.9. The number of sulfone groups is 1. The van der Waals surface area contributed by atoms with Crippen molar-refractivity contribution in [1.29, 1.82) is 0 Å². The molecular formula is C30H46O2S. The van der Waals surface area contributed by atoms with Crippen molar-refractivity contribution in [1.82, 2.24) is 0 Å². The van der Waals surface area contributed by atoms with Crippen LogP contribution in [0.1, 0.15) is 81.1 Å². The van der Waals surface area contributed by atoms with E-state index in [0.29, 0.717) is 0 Å². The molecule has 0 aromatic rings. The van der Waals surface area contributed by atoms with Crippen molar-refractivity contribution in [3.8, 4) is 0 Å². The molecule has 0 aliphatic heterocycles. The molecule has 2 nitrogen and oxygen atoms in total. The van der Waals surface area contributed by atoms with E-state index in [1.165, 1.54) is 0 Å². The average molecular weight is 471 g/mol. The van der Waals surface area contributed by atoms with Crippen molar-refractivity contribution < 1.29 is 8.42 Å². The Kier molecular flexibility index (Phi) is 14.7. The molecular weight excluding hydrogens is 424 g/mol. The molecule has 0 aliphatic carbocycles. The third-order valence-corrected chi connectivity index (χ3v) is 9.45. The summed E-state index contributed by atoms with van der Waals surface area (Å²) in [6.07, 6.45) is 32.2. The first-order chi connectivity index (χ1) is 15.5. The highest BCUT2D eigenvalue weighted by Crippen LogP contribution is 2.38. The lowest BCUT2D eigenvalue weighted by Gasteiger charge is -2.36. The van der Waals surface area contributed by atoms with Crippen LogP contribution in [0, 0.1) is 0 Å². The second kappa shape index (κ2) is 15.7. The van der Waals surface area contributed by atoms with E-state index in [4.69, 9.17) is 0 Å². The zero-order valence-electron chi connectivity index (χ0n) is 22.1. The van der Waals surface area contributed by atoms with Gasteiger partial charge in [-0.3, -0.25) is 0 Å². The fraction of sp³-hybridized carbons (Fsp3) is 0.467. The molecule has 0 radical (unpaired) electrons. The van der Waals surface area contributed by atoms with Gasteiger partial charge in [0.25, 0.3) is 0 Å². The van der Waals surface area contributed by atoms with Crippen LogP contribution in [-0.2, 0) is 9.84 Å². The van der Waals surface area contributed by atoms with E-state index in [1.807, 2.05) is 76.3 Å². The van der Waals surface area contributed by atoms with E-state index in [1.54, 1.807) is 27.7 Å². The minimum atomic E-state index is -3.51. The largest absolute Gasteiger partial charge is 0.227 e. The Morgan fingerprint density at radius 3 is 1.24 bits per heavy atom. The topological polar surface area (TPSA) is 34.1 Å². The van der Waals surface area contributed by atoms with Gasteiger partial charge < -0.3 is 0 Å². The molecule has 3 heteroatoms. The summed E-state index contributed by atoms with van der Waals surface area (Å²) < 4.78 is 25.3. The molecule has 0 heterocycles. The zero-order chi connectivity index (χ0) is 25.4. The predicted octanol–water partition coefficient (Wildman–Crippen LogP) is 8.79. The van der Waals surface area contributed by atoms with Gasteiger partial charge in [-0.25, -0.2) is 8.42 Å². The standard InChI is InChI=1S/C30H46O2S/c1-9-11-13-15-17-19-21-23-25-27(3)29(5,6)33(31,32)30(7,8)28(4)26-24-22-20-18-16-14-12-10-2/h9-12,17-26H,13-16H2,1-8H3/b11-9+,12-10+,19-17+,20-18+,23-21+,24-22+,27-25+,28-26+. The quantitative estimate of drug-likeness (QED) is 0.144. The van der Waals surface area contributed by atoms with Gasteiger partial charge in [-0.05, 0) is 81.1 Å². The average Bonchev–Trinajstić information content (AvgIpc) is 2.76. The molecule has 0 unspecified atom stereocenters. The summed E-state index contributed by atoms with van der Waals surface area (Å²) in [6, 6.07) is 0. The van der Waals surface area contributed by atoms with Crippen LogP contribution < -0.4 is 0 Å². The molecule has 0 aliphatic rings. The van der Waals surface area contributed by atoms with Gasteiger partial charge in [-0.2, -0.15) is 0 Å². The Labute approximate surface area is 204 Å². The third-order valence-electron chi connectivity index (χ3n) is 6.12. The second-order valence-corrected chi connectivity index (χ2v) is 12.2. The molecule has 0 N–H and O–H groups in total. The van der Waals surface area contributed by atoms with Crippen LogP contribution >= 0.6 is 0 Å². The molecule has 0 aromatic carbocycles. The number of unbranched alkanes of at least 4 members (excludes halogenated alkanes) is 2. The monoisotopic (exact) mass is 470 g/mol. The molecule has 0 atom stereocenters. The van der Waals surface area contributed by atoms with Gasteiger partial charge in [-0.1, -0.05) is 96.2 Å². The lowest BCUT2D eigenvalue weighted by molar-refractivity contribution is 0.536. The van der Waals surface area contributed by atoms with Crippen molar-refractivity contribution in [2.24, 2.45) is 0 Å². The third kappa shape index (κ3) is 10.1. The molecule has 0 spiro atoms. The van der Waals surface area contributed by atoms with Crippen LogP contribution in [0.25, 0.3) is 0 Å². The molecule has 0 amide bonds. The minimum absolute atomic E-state index is 0.821. The normalized spacial score (nSPS) is 15.6. The van der Waals surface area contributed by atoms with E-state index in [2.05, 4.69) is 36.5 Å². The van der Waals surface area contributed by atoms with E-state index in [0.717, 1.165) is 36.8 Å². The molecule has 184 valence electrons.